The molecule has 7 nitrogen and oxygen atoms in total. The first kappa shape index (κ1) is 23.4. The lowest BCUT2D eigenvalue weighted by molar-refractivity contribution is 0.0697. The van der Waals surface area contributed by atoms with E-state index in [9.17, 15) is 9.90 Å². The zero-order valence-electron chi connectivity index (χ0n) is 20.9. The minimum atomic E-state index is -0.924. The van der Waals surface area contributed by atoms with Crippen molar-refractivity contribution < 1.29 is 19.4 Å². The van der Waals surface area contributed by atoms with Gasteiger partial charge in [0.05, 0.1) is 23.2 Å². The fraction of sp³-hybridized carbons (Fsp3) is 0.429. The minimum absolute atomic E-state index is 0.274. The summed E-state index contributed by atoms with van der Waals surface area (Å²) >= 11 is 0. The van der Waals surface area contributed by atoms with Gasteiger partial charge in [0, 0.05) is 42.9 Å². The van der Waals surface area contributed by atoms with Crippen LogP contribution in [-0.2, 0) is 6.54 Å². The molecule has 3 aromatic rings. The van der Waals surface area contributed by atoms with Gasteiger partial charge in [-0.15, -0.1) is 0 Å². The van der Waals surface area contributed by atoms with Crippen LogP contribution in [0.15, 0.2) is 36.4 Å². The summed E-state index contributed by atoms with van der Waals surface area (Å²) in [6, 6.07) is 9.82. The van der Waals surface area contributed by atoms with Gasteiger partial charge in [-0.1, -0.05) is 6.08 Å². The summed E-state index contributed by atoms with van der Waals surface area (Å²) in [7, 11) is 0. The maximum Gasteiger partial charge on any atom is 0.335 e. The predicted molar refractivity (Wildman–Crippen MR) is 136 cm³/mol. The highest BCUT2D eigenvalue weighted by molar-refractivity contribution is 5.92. The Morgan fingerprint density at radius 1 is 1.23 bits per heavy atom. The van der Waals surface area contributed by atoms with E-state index >= 15 is 0 Å². The van der Waals surface area contributed by atoms with Crippen molar-refractivity contribution in [1.29, 1.82) is 0 Å². The number of carbonyl (C=O) groups is 1. The van der Waals surface area contributed by atoms with Crippen LogP contribution in [0.1, 0.15) is 67.0 Å². The van der Waals surface area contributed by atoms with Crippen molar-refractivity contribution in [3.05, 3.63) is 58.9 Å². The molecule has 0 bridgehead atoms. The average Bonchev–Trinajstić information content (AvgIpc) is 3.14. The van der Waals surface area contributed by atoms with Gasteiger partial charge in [0.1, 0.15) is 22.9 Å². The smallest absolute Gasteiger partial charge is 0.335 e. The second kappa shape index (κ2) is 9.04. The fourth-order valence-corrected chi connectivity index (χ4v) is 5.25. The Bertz CT molecular complexity index is 1300. The number of carboxylic acid groups (broad SMARTS) is 1. The Balaban J connectivity index is 1.32. The standard InChI is InChI=1S/C28H33N3O4/c1-5-34-25-16-26-19(8-11-28(3,4)35-26)14-21(25)17-30-12-9-22(10-13-30)31-18(2)29-23-15-20(27(32)33)6-7-24(23)31/h6-8,11,14-16,22H,5,9-10,12-13,17H2,1-4H3,(H,32,33). The molecule has 0 atom stereocenters. The summed E-state index contributed by atoms with van der Waals surface area (Å²) < 4.78 is 14.4. The van der Waals surface area contributed by atoms with E-state index in [1.807, 2.05) is 26.0 Å². The van der Waals surface area contributed by atoms with Gasteiger partial charge in [-0.3, -0.25) is 4.90 Å². The number of imidazole rings is 1. The molecule has 7 heteroatoms. The van der Waals surface area contributed by atoms with Gasteiger partial charge >= 0.3 is 5.97 Å². The summed E-state index contributed by atoms with van der Waals surface area (Å²) in [5, 5.41) is 9.30. The first-order valence-corrected chi connectivity index (χ1v) is 12.4. The number of aryl methyl sites for hydroxylation is 1. The van der Waals surface area contributed by atoms with Gasteiger partial charge in [-0.05, 0) is 70.9 Å². The van der Waals surface area contributed by atoms with E-state index in [4.69, 9.17) is 9.47 Å². The maximum atomic E-state index is 11.3. The van der Waals surface area contributed by atoms with Crippen LogP contribution in [-0.4, -0.2) is 50.8 Å². The fourth-order valence-electron chi connectivity index (χ4n) is 5.25. The lowest BCUT2D eigenvalue weighted by Gasteiger charge is -2.34. The second-order valence-electron chi connectivity index (χ2n) is 10.0. The lowest BCUT2D eigenvalue weighted by Crippen LogP contribution is -2.34. The molecule has 0 amide bonds. The number of likely N-dealkylation sites (tertiary alicyclic amines) is 1. The molecule has 0 aliphatic carbocycles. The van der Waals surface area contributed by atoms with Crippen LogP contribution >= 0.6 is 0 Å². The van der Waals surface area contributed by atoms with E-state index < -0.39 is 5.97 Å². The van der Waals surface area contributed by atoms with Crippen molar-refractivity contribution in [2.24, 2.45) is 0 Å². The zero-order valence-corrected chi connectivity index (χ0v) is 20.9. The monoisotopic (exact) mass is 475 g/mol. The molecule has 2 aromatic carbocycles. The van der Waals surface area contributed by atoms with Gasteiger partial charge in [0.25, 0.3) is 0 Å². The number of rotatable bonds is 6. The van der Waals surface area contributed by atoms with E-state index in [1.54, 1.807) is 12.1 Å². The first-order valence-electron chi connectivity index (χ1n) is 12.4. The number of piperidine rings is 1. The molecule has 5 rings (SSSR count). The van der Waals surface area contributed by atoms with Crippen molar-refractivity contribution in [1.82, 2.24) is 14.5 Å². The van der Waals surface area contributed by atoms with E-state index in [0.717, 1.165) is 66.4 Å². The third kappa shape index (κ3) is 4.65. The minimum Gasteiger partial charge on any atom is -0.493 e. The summed E-state index contributed by atoms with van der Waals surface area (Å²) in [5.41, 5.74) is 4.00. The largest absolute Gasteiger partial charge is 0.493 e. The van der Waals surface area contributed by atoms with Crippen molar-refractivity contribution in [2.75, 3.05) is 19.7 Å². The summed E-state index contributed by atoms with van der Waals surface area (Å²) in [5.74, 6) is 1.78. The molecule has 1 N–H and O–H groups in total. The number of benzene rings is 2. The first-order chi connectivity index (χ1) is 16.7. The zero-order chi connectivity index (χ0) is 24.7. The molecular formula is C28H33N3O4. The van der Waals surface area contributed by atoms with Crippen LogP contribution in [0.5, 0.6) is 11.5 Å². The average molecular weight is 476 g/mol. The van der Waals surface area contributed by atoms with Crippen molar-refractivity contribution in [3.8, 4) is 11.5 Å². The number of ether oxygens (including phenoxy) is 2. The molecule has 0 unspecified atom stereocenters. The van der Waals surface area contributed by atoms with Gasteiger partial charge in [-0.25, -0.2) is 9.78 Å². The Morgan fingerprint density at radius 3 is 2.71 bits per heavy atom. The predicted octanol–water partition coefficient (Wildman–Crippen LogP) is 5.46. The Kier molecular flexibility index (Phi) is 6.05. The lowest BCUT2D eigenvalue weighted by atomic mass is 9.99. The topological polar surface area (TPSA) is 76.8 Å². The molecule has 0 spiro atoms. The highest BCUT2D eigenvalue weighted by atomic mass is 16.5. The second-order valence-corrected chi connectivity index (χ2v) is 10.0. The number of nitrogens with zero attached hydrogens (tertiary/aromatic N) is 3. The van der Waals surface area contributed by atoms with Gasteiger partial charge in [0.15, 0.2) is 0 Å². The van der Waals surface area contributed by atoms with E-state index in [0.29, 0.717) is 12.6 Å². The molecule has 1 saturated heterocycles. The van der Waals surface area contributed by atoms with Crippen LogP contribution in [0.3, 0.4) is 0 Å². The summed E-state index contributed by atoms with van der Waals surface area (Å²) in [4.78, 5) is 18.5. The molecule has 1 fully saturated rings. The molecule has 2 aliphatic rings. The highest BCUT2D eigenvalue weighted by Crippen LogP contribution is 2.37. The van der Waals surface area contributed by atoms with Crippen LogP contribution < -0.4 is 9.47 Å². The molecule has 35 heavy (non-hydrogen) atoms. The van der Waals surface area contributed by atoms with E-state index in [-0.39, 0.29) is 11.2 Å². The number of carboxylic acids is 1. The summed E-state index contributed by atoms with van der Waals surface area (Å²) in [6.07, 6.45) is 6.27. The van der Waals surface area contributed by atoms with Crippen molar-refractivity contribution >= 4 is 23.1 Å². The van der Waals surface area contributed by atoms with Crippen LogP contribution in [0.2, 0.25) is 0 Å². The third-order valence-corrected chi connectivity index (χ3v) is 6.96. The quantitative estimate of drug-likeness (QED) is 0.510. The van der Waals surface area contributed by atoms with Gasteiger partial charge in [-0.2, -0.15) is 0 Å². The number of hydrogen-bond donors (Lipinski definition) is 1. The number of aromatic nitrogens is 2. The van der Waals surface area contributed by atoms with Crippen molar-refractivity contribution in [2.45, 2.75) is 58.7 Å². The molecule has 0 radical (unpaired) electrons. The molecule has 1 aromatic heterocycles. The molecular weight excluding hydrogens is 442 g/mol. The normalized spacial score (nSPS) is 17.8. The maximum absolute atomic E-state index is 11.3. The van der Waals surface area contributed by atoms with Crippen LogP contribution in [0.25, 0.3) is 17.1 Å². The Labute approximate surface area is 206 Å². The van der Waals surface area contributed by atoms with Gasteiger partial charge < -0.3 is 19.1 Å². The number of aromatic carboxylic acids is 1. The molecule has 0 saturated carbocycles. The SMILES string of the molecule is CCOc1cc2c(cc1CN1CCC(n3c(C)nc4cc(C(=O)O)ccc43)CC1)C=CC(C)(C)O2. The number of fused-ring (bicyclic) bond motifs is 2. The van der Waals surface area contributed by atoms with E-state index in [2.05, 4.69) is 46.5 Å². The summed E-state index contributed by atoms with van der Waals surface area (Å²) in [6.45, 7) is 11.5. The molecule has 3 heterocycles. The van der Waals surface area contributed by atoms with Crippen molar-refractivity contribution in [3.63, 3.8) is 0 Å². The van der Waals surface area contributed by atoms with E-state index in [1.165, 1.54) is 5.56 Å². The number of hydrogen-bond acceptors (Lipinski definition) is 5. The third-order valence-electron chi connectivity index (χ3n) is 6.96. The van der Waals surface area contributed by atoms with Crippen LogP contribution in [0.4, 0.5) is 0 Å². The van der Waals surface area contributed by atoms with Gasteiger partial charge in [0.2, 0.25) is 0 Å². The Morgan fingerprint density at radius 2 is 2.00 bits per heavy atom. The molecule has 2 aliphatic heterocycles. The van der Waals surface area contributed by atoms with Crippen LogP contribution in [0, 0.1) is 6.92 Å². The highest BCUT2D eigenvalue weighted by Gasteiger charge is 2.27. The Hall–Kier alpha value is -3.32. The molecule has 184 valence electrons.